The van der Waals surface area contributed by atoms with Gasteiger partial charge in [-0.3, -0.25) is 4.79 Å². The number of benzene rings is 1. The second-order valence-electron chi connectivity index (χ2n) is 4.60. The van der Waals surface area contributed by atoms with Crippen LogP contribution in [0.1, 0.15) is 6.92 Å². The molecule has 1 aliphatic heterocycles. The molecule has 0 saturated carbocycles. The highest BCUT2D eigenvalue weighted by molar-refractivity contribution is 5.79. The van der Waals surface area contributed by atoms with Crippen molar-refractivity contribution >= 4 is 11.6 Å². The van der Waals surface area contributed by atoms with Crippen molar-refractivity contribution in [3.8, 4) is 5.75 Å². The van der Waals surface area contributed by atoms with Gasteiger partial charge in [-0.15, -0.1) is 0 Å². The summed E-state index contributed by atoms with van der Waals surface area (Å²) < 4.78 is 5.32. The average molecular weight is 236 g/mol. The number of ether oxygens (including phenoxy) is 1. The molecule has 1 heterocycles. The summed E-state index contributed by atoms with van der Waals surface area (Å²) >= 11 is 0. The number of amides is 1. The van der Waals surface area contributed by atoms with Crippen LogP contribution in [0, 0.1) is 0 Å². The molecule has 5 heteroatoms. The lowest BCUT2D eigenvalue weighted by Gasteiger charge is -2.43. The zero-order valence-corrected chi connectivity index (χ0v) is 9.72. The molecule has 2 rings (SSSR count). The third-order valence-electron chi connectivity index (χ3n) is 2.66. The average Bonchev–Trinajstić information content (AvgIpc) is 2.24. The van der Waals surface area contributed by atoms with E-state index in [4.69, 9.17) is 10.5 Å². The van der Waals surface area contributed by atoms with Gasteiger partial charge in [-0.05, 0) is 31.2 Å². The highest BCUT2D eigenvalue weighted by Gasteiger charge is 2.39. The Hall–Kier alpha value is -1.75. The zero-order chi connectivity index (χ0) is 12.5. The van der Waals surface area contributed by atoms with E-state index in [9.17, 15) is 9.90 Å². The van der Waals surface area contributed by atoms with E-state index < -0.39 is 5.60 Å². The topological polar surface area (TPSA) is 75.8 Å². The number of likely N-dealkylation sites (tertiary alicyclic amines) is 1. The van der Waals surface area contributed by atoms with Crippen LogP contribution in [0.15, 0.2) is 24.3 Å². The molecular weight excluding hydrogens is 220 g/mol. The number of rotatable bonds is 3. The van der Waals surface area contributed by atoms with Gasteiger partial charge in [0.25, 0.3) is 5.91 Å². The molecule has 0 aliphatic carbocycles. The molecule has 0 spiro atoms. The first-order chi connectivity index (χ1) is 7.96. The van der Waals surface area contributed by atoms with Gasteiger partial charge < -0.3 is 20.5 Å². The standard InChI is InChI=1S/C12H16N2O3/c1-12(16)7-14(8-12)11(15)6-17-10-4-2-9(13)3-5-10/h2-5,16H,6-8,13H2,1H3. The lowest BCUT2D eigenvalue weighted by Crippen LogP contribution is -2.62. The van der Waals surface area contributed by atoms with E-state index in [-0.39, 0.29) is 12.5 Å². The summed E-state index contributed by atoms with van der Waals surface area (Å²) in [4.78, 5) is 13.2. The zero-order valence-electron chi connectivity index (χ0n) is 9.72. The second kappa shape index (κ2) is 4.25. The first-order valence-corrected chi connectivity index (χ1v) is 5.45. The Bertz CT molecular complexity index is 406. The van der Waals surface area contributed by atoms with Gasteiger partial charge in [0.15, 0.2) is 6.61 Å². The van der Waals surface area contributed by atoms with E-state index in [1.807, 2.05) is 0 Å². The molecule has 1 amide bonds. The van der Waals surface area contributed by atoms with Crippen molar-refractivity contribution in [2.75, 3.05) is 25.4 Å². The molecule has 92 valence electrons. The fourth-order valence-electron chi connectivity index (χ4n) is 1.75. The van der Waals surface area contributed by atoms with Gasteiger partial charge in [0, 0.05) is 5.69 Å². The first-order valence-electron chi connectivity index (χ1n) is 5.45. The minimum Gasteiger partial charge on any atom is -0.484 e. The van der Waals surface area contributed by atoms with Gasteiger partial charge in [0.2, 0.25) is 0 Å². The smallest absolute Gasteiger partial charge is 0.260 e. The number of hydrogen-bond donors (Lipinski definition) is 2. The number of nitrogens with two attached hydrogens (primary N) is 1. The number of carbonyl (C=O) groups is 1. The summed E-state index contributed by atoms with van der Waals surface area (Å²) in [6.45, 7) is 2.44. The maximum Gasteiger partial charge on any atom is 0.260 e. The van der Waals surface area contributed by atoms with Gasteiger partial charge in [0.1, 0.15) is 5.75 Å². The van der Waals surface area contributed by atoms with Gasteiger partial charge >= 0.3 is 0 Å². The van der Waals surface area contributed by atoms with E-state index in [0.29, 0.717) is 24.5 Å². The van der Waals surface area contributed by atoms with Crippen LogP contribution in [0.5, 0.6) is 5.75 Å². The third kappa shape index (κ3) is 2.88. The van der Waals surface area contributed by atoms with Gasteiger partial charge in [0.05, 0.1) is 18.7 Å². The van der Waals surface area contributed by atoms with Crippen molar-refractivity contribution in [3.63, 3.8) is 0 Å². The summed E-state index contributed by atoms with van der Waals surface area (Å²) in [5, 5.41) is 9.50. The van der Waals surface area contributed by atoms with Crippen LogP contribution in [-0.2, 0) is 4.79 Å². The van der Waals surface area contributed by atoms with Crippen LogP contribution in [0.2, 0.25) is 0 Å². The molecule has 0 atom stereocenters. The summed E-state index contributed by atoms with van der Waals surface area (Å²) in [6, 6.07) is 6.87. The van der Waals surface area contributed by atoms with Crippen LogP contribution in [0.3, 0.4) is 0 Å². The fourth-order valence-corrected chi connectivity index (χ4v) is 1.75. The molecule has 0 radical (unpaired) electrons. The first kappa shape index (κ1) is 11.7. The number of anilines is 1. The number of carbonyl (C=O) groups excluding carboxylic acids is 1. The minimum atomic E-state index is -0.739. The number of nitrogen functional groups attached to an aromatic ring is 1. The quantitative estimate of drug-likeness (QED) is 0.737. The fraction of sp³-hybridized carbons (Fsp3) is 0.417. The van der Waals surface area contributed by atoms with Gasteiger partial charge in [-0.25, -0.2) is 0 Å². The second-order valence-corrected chi connectivity index (χ2v) is 4.60. The summed E-state index contributed by atoms with van der Waals surface area (Å²) in [7, 11) is 0. The predicted octanol–water partition coefficient (Wildman–Crippen LogP) is 0.241. The van der Waals surface area contributed by atoms with Crippen LogP contribution < -0.4 is 10.5 Å². The monoisotopic (exact) mass is 236 g/mol. The van der Waals surface area contributed by atoms with Gasteiger partial charge in [-0.1, -0.05) is 0 Å². The number of aliphatic hydroxyl groups is 1. The van der Waals surface area contributed by atoms with E-state index >= 15 is 0 Å². The number of nitrogens with zero attached hydrogens (tertiary/aromatic N) is 1. The lowest BCUT2D eigenvalue weighted by molar-refractivity contribution is -0.154. The molecule has 1 aromatic carbocycles. The predicted molar refractivity (Wildman–Crippen MR) is 63.6 cm³/mol. The molecule has 1 fully saturated rings. The van der Waals surface area contributed by atoms with Crippen LogP contribution in [-0.4, -0.2) is 41.2 Å². The lowest BCUT2D eigenvalue weighted by atomic mass is 9.97. The largest absolute Gasteiger partial charge is 0.484 e. The molecule has 5 nitrogen and oxygen atoms in total. The Labute approximate surface area is 99.8 Å². The highest BCUT2D eigenvalue weighted by Crippen LogP contribution is 2.20. The summed E-state index contributed by atoms with van der Waals surface area (Å²) in [5.41, 5.74) is 5.45. The molecular formula is C12H16N2O3. The van der Waals surface area contributed by atoms with Crippen LogP contribution in [0.25, 0.3) is 0 Å². The molecule has 0 bridgehead atoms. The molecule has 1 aromatic rings. The van der Waals surface area contributed by atoms with Crippen molar-refractivity contribution in [1.82, 2.24) is 4.90 Å². The molecule has 1 aliphatic rings. The van der Waals surface area contributed by atoms with Crippen LogP contribution >= 0.6 is 0 Å². The maximum atomic E-state index is 11.6. The van der Waals surface area contributed by atoms with Crippen molar-refractivity contribution in [1.29, 1.82) is 0 Å². The van der Waals surface area contributed by atoms with Gasteiger partial charge in [-0.2, -0.15) is 0 Å². The van der Waals surface area contributed by atoms with Crippen molar-refractivity contribution in [2.24, 2.45) is 0 Å². The Balaban J connectivity index is 1.79. The summed E-state index contributed by atoms with van der Waals surface area (Å²) in [5.74, 6) is 0.494. The normalized spacial score (nSPS) is 17.4. The Morgan fingerprint density at radius 1 is 1.47 bits per heavy atom. The van der Waals surface area contributed by atoms with Crippen LogP contribution in [0.4, 0.5) is 5.69 Å². The van der Waals surface area contributed by atoms with E-state index in [2.05, 4.69) is 0 Å². The number of hydrogen-bond acceptors (Lipinski definition) is 4. The minimum absolute atomic E-state index is 0.0139. The van der Waals surface area contributed by atoms with Crippen molar-refractivity contribution < 1.29 is 14.6 Å². The Morgan fingerprint density at radius 2 is 2.06 bits per heavy atom. The third-order valence-corrected chi connectivity index (χ3v) is 2.66. The van der Waals surface area contributed by atoms with Crippen molar-refractivity contribution in [3.05, 3.63) is 24.3 Å². The maximum absolute atomic E-state index is 11.6. The SMILES string of the molecule is CC1(O)CN(C(=O)COc2ccc(N)cc2)C1. The van der Waals surface area contributed by atoms with E-state index in [1.54, 1.807) is 36.1 Å². The molecule has 17 heavy (non-hydrogen) atoms. The molecule has 1 saturated heterocycles. The molecule has 3 N–H and O–H groups in total. The van der Waals surface area contributed by atoms with Crippen molar-refractivity contribution in [2.45, 2.75) is 12.5 Å². The van der Waals surface area contributed by atoms with E-state index in [1.165, 1.54) is 0 Å². The summed E-state index contributed by atoms with van der Waals surface area (Å²) in [6.07, 6.45) is 0. The highest BCUT2D eigenvalue weighted by atomic mass is 16.5. The Kier molecular flexibility index (Phi) is 2.93. The Morgan fingerprint density at radius 3 is 2.59 bits per heavy atom. The van der Waals surface area contributed by atoms with E-state index in [0.717, 1.165) is 0 Å². The number of β-amino-alcohol motifs (C(OH)–C–C–N with tert-alkyl or cyclic N) is 1. The molecule has 0 aromatic heterocycles. The molecule has 0 unspecified atom stereocenters.